The number of rotatable bonds is 7. The minimum absolute atomic E-state index is 0.173. The maximum atomic E-state index is 12.4. The van der Waals surface area contributed by atoms with E-state index in [0.29, 0.717) is 29.0 Å². The van der Waals surface area contributed by atoms with Crippen LogP contribution in [0, 0.1) is 0 Å². The summed E-state index contributed by atoms with van der Waals surface area (Å²) in [5.74, 6) is -0.139. The molecule has 0 fully saturated rings. The summed E-state index contributed by atoms with van der Waals surface area (Å²) in [7, 11) is 1.53. The molecule has 25 heavy (non-hydrogen) atoms. The maximum absolute atomic E-state index is 12.4. The molecule has 0 aliphatic rings. The fraction of sp³-hybridized carbons (Fsp3) is 0.278. The van der Waals surface area contributed by atoms with Gasteiger partial charge in [0.05, 0.1) is 12.2 Å². The number of hydrogen-bond acceptors (Lipinski definition) is 4. The number of ketones is 1. The summed E-state index contributed by atoms with van der Waals surface area (Å²) in [4.78, 5) is 11.7. The van der Waals surface area contributed by atoms with Gasteiger partial charge in [0.1, 0.15) is 18.1 Å². The lowest BCUT2D eigenvalue weighted by atomic mass is 10.0. The molecule has 0 aromatic heterocycles. The Kier molecular flexibility index (Phi) is 6.03. The van der Waals surface area contributed by atoms with Gasteiger partial charge in [0, 0.05) is 7.11 Å². The first kappa shape index (κ1) is 18.8. The molecule has 0 bridgehead atoms. The fourth-order valence-electron chi connectivity index (χ4n) is 2.22. The number of Topliss-reactive ketones (excluding diaryl/α,β-unsaturated/α-hetero) is 1. The first-order valence-electron chi connectivity index (χ1n) is 7.43. The first-order chi connectivity index (χ1) is 11.8. The number of ether oxygens (including phenoxy) is 3. The summed E-state index contributed by atoms with van der Waals surface area (Å²) >= 11 is 0. The summed E-state index contributed by atoms with van der Waals surface area (Å²) in [5.41, 5.74) is 1.50. The number of carbonyl (C=O) groups is 1. The van der Waals surface area contributed by atoms with Crippen LogP contribution < -0.4 is 9.47 Å². The van der Waals surface area contributed by atoms with E-state index in [1.165, 1.54) is 32.2 Å². The minimum atomic E-state index is -4.76. The SMILES string of the molecule is COCCOc1cc(-c2cccc(OC(F)(F)F)c2)ccc1C(C)=O. The molecular weight excluding hydrogens is 337 g/mol. The molecule has 0 unspecified atom stereocenters. The molecule has 0 heterocycles. The van der Waals surface area contributed by atoms with Gasteiger partial charge in [0.2, 0.25) is 0 Å². The number of benzene rings is 2. The highest BCUT2D eigenvalue weighted by molar-refractivity contribution is 5.97. The second-order valence-electron chi connectivity index (χ2n) is 5.18. The van der Waals surface area contributed by atoms with E-state index in [4.69, 9.17) is 9.47 Å². The Balaban J connectivity index is 2.34. The van der Waals surface area contributed by atoms with Gasteiger partial charge in [-0.25, -0.2) is 0 Å². The van der Waals surface area contributed by atoms with Crippen LogP contribution in [0.4, 0.5) is 13.2 Å². The van der Waals surface area contributed by atoms with Crippen molar-refractivity contribution in [1.29, 1.82) is 0 Å². The van der Waals surface area contributed by atoms with E-state index in [-0.39, 0.29) is 18.1 Å². The van der Waals surface area contributed by atoms with E-state index in [1.807, 2.05) is 0 Å². The lowest BCUT2D eigenvalue weighted by molar-refractivity contribution is -0.274. The van der Waals surface area contributed by atoms with Crippen LogP contribution in [-0.4, -0.2) is 32.5 Å². The molecule has 7 heteroatoms. The number of carbonyl (C=O) groups excluding carboxylic acids is 1. The zero-order valence-electron chi connectivity index (χ0n) is 13.7. The summed E-state index contributed by atoms with van der Waals surface area (Å²) in [6, 6.07) is 10.4. The molecule has 0 aliphatic heterocycles. The van der Waals surface area contributed by atoms with Crippen molar-refractivity contribution < 1.29 is 32.2 Å². The largest absolute Gasteiger partial charge is 0.573 e. The normalized spacial score (nSPS) is 11.2. The second kappa shape index (κ2) is 8.02. The summed E-state index contributed by atoms with van der Waals surface area (Å²) in [6.45, 7) is 2.00. The molecule has 4 nitrogen and oxygen atoms in total. The lowest BCUT2D eigenvalue weighted by Gasteiger charge is -2.13. The zero-order valence-corrected chi connectivity index (χ0v) is 13.7. The Bertz CT molecular complexity index is 741. The van der Waals surface area contributed by atoms with E-state index in [1.54, 1.807) is 24.3 Å². The highest BCUT2D eigenvalue weighted by atomic mass is 19.4. The third-order valence-corrected chi connectivity index (χ3v) is 3.31. The topological polar surface area (TPSA) is 44.8 Å². The Labute approximate surface area is 143 Å². The average molecular weight is 354 g/mol. The van der Waals surface area contributed by atoms with E-state index >= 15 is 0 Å². The Morgan fingerprint density at radius 3 is 2.40 bits per heavy atom. The van der Waals surface area contributed by atoms with Gasteiger partial charge in [0.25, 0.3) is 0 Å². The van der Waals surface area contributed by atoms with Crippen LogP contribution >= 0.6 is 0 Å². The predicted molar refractivity (Wildman–Crippen MR) is 85.9 cm³/mol. The van der Waals surface area contributed by atoms with E-state index in [0.717, 1.165) is 0 Å². The van der Waals surface area contributed by atoms with Crippen molar-refractivity contribution in [2.75, 3.05) is 20.3 Å². The van der Waals surface area contributed by atoms with Crippen LogP contribution in [0.1, 0.15) is 17.3 Å². The fourth-order valence-corrected chi connectivity index (χ4v) is 2.22. The predicted octanol–water partition coefficient (Wildman–Crippen LogP) is 4.48. The third-order valence-electron chi connectivity index (χ3n) is 3.31. The monoisotopic (exact) mass is 354 g/mol. The Morgan fingerprint density at radius 1 is 1.04 bits per heavy atom. The van der Waals surface area contributed by atoms with Crippen LogP contribution in [0.2, 0.25) is 0 Å². The van der Waals surface area contributed by atoms with Gasteiger partial charge in [0.15, 0.2) is 5.78 Å². The zero-order chi connectivity index (χ0) is 18.4. The molecule has 134 valence electrons. The molecular formula is C18H17F3O4. The Morgan fingerprint density at radius 2 is 1.76 bits per heavy atom. The van der Waals surface area contributed by atoms with Crippen molar-refractivity contribution in [3.05, 3.63) is 48.0 Å². The van der Waals surface area contributed by atoms with Crippen molar-refractivity contribution in [2.45, 2.75) is 13.3 Å². The van der Waals surface area contributed by atoms with Crippen molar-refractivity contribution >= 4 is 5.78 Å². The molecule has 0 radical (unpaired) electrons. The summed E-state index contributed by atoms with van der Waals surface area (Å²) < 4.78 is 51.5. The number of hydrogen-bond donors (Lipinski definition) is 0. The third kappa shape index (κ3) is 5.49. The smallest absolute Gasteiger partial charge is 0.490 e. The van der Waals surface area contributed by atoms with Gasteiger partial charge in [-0.05, 0) is 42.3 Å². The minimum Gasteiger partial charge on any atom is -0.490 e. The lowest BCUT2D eigenvalue weighted by Crippen LogP contribution is -2.17. The molecule has 0 saturated carbocycles. The van der Waals surface area contributed by atoms with Gasteiger partial charge in [-0.3, -0.25) is 4.79 Å². The van der Waals surface area contributed by atoms with Gasteiger partial charge in [-0.15, -0.1) is 13.2 Å². The first-order valence-corrected chi connectivity index (χ1v) is 7.43. The molecule has 0 spiro atoms. The number of methoxy groups -OCH3 is 1. The van der Waals surface area contributed by atoms with E-state index < -0.39 is 6.36 Å². The van der Waals surface area contributed by atoms with E-state index in [9.17, 15) is 18.0 Å². The maximum Gasteiger partial charge on any atom is 0.573 e. The molecule has 0 saturated heterocycles. The van der Waals surface area contributed by atoms with E-state index in [2.05, 4.69) is 4.74 Å². The van der Waals surface area contributed by atoms with Crippen LogP contribution in [0.15, 0.2) is 42.5 Å². The quantitative estimate of drug-likeness (QED) is 0.543. The molecule has 2 rings (SSSR count). The highest BCUT2D eigenvalue weighted by Gasteiger charge is 2.31. The Hall–Kier alpha value is -2.54. The van der Waals surface area contributed by atoms with Gasteiger partial charge >= 0.3 is 6.36 Å². The average Bonchev–Trinajstić information content (AvgIpc) is 2.53. The number of halogens is 3. The van der Waals surface area contributed by atoms with Gasteiger partial charge in [-0.2, -0.15) is 0 Å². The van der Waals surface area contributed by atoms with Gasteiger partial charge < -0.3 is 14.2 Å². The van der Waals surface area contributed by atoms with Crippen molar-refractivity contribution in [1.82, 2.24) is 0 Å². The van der Waals surface area contributed by atoms with Crippen molar-refractivity contribution in [3.63, 3.8) is 0 Å². The standard InChI is InChI=1S/C18H17F3O4/c1-12(22)16-7-6-14(11-17(16)24-9-8-23-2)13-4-3-5-15(10-13)25-18(19,20)21/h3-7,10-11H,8-9H2,1-2H3. The van der Waals surface area contributed by atoms with Crippen molar-refractivity contribution in [3.8, 4) is 22.6 Å². The summed E-state index contributed by atoms with van der Waals surface area (Å²) in [5, 5.41) is 0. The highest BCUT2D eigenvalue weighted by Crippen LogP contribution is 2.31. The van der Waals surface area contributed by atoms with Gasteiger partial charge in [-0.1, -0.05) is 18.2 Å². The van der Waals surface area contributed by atoms with Crippen LogP contribution in [0.3, 0.4) is 0 Å². The molecule has 0 aliphatic carbocycles. The number of alkyl halides is 3. The molecule has 0 atom stereocenters. The molecule has 0 N–H and O–H groups in total. The van der Waals surface area contributed by atoms with Crippen LogP contribution in [0.25, 0.3) is 11.1 Å². The van der Waals surface area contributed by atoms with Crippen molar-refractivity contribution in [2.24, 2.45) is 0 Å². The molecule has 0 amide bonds. The summed E-state index contributed by atoms with van der Waals surface area (Å²) in [6.07, 6.45) is -4.76. The molecule has 2 aromatic rings. The second-order valence-corrected chi connectivity index (χ2v) is 5.18. The van der Waals surface area contributed by atoms with Crippen LogP contribution in [0.5, 0.6) is 11.5 Å². The molecule has 2 aromatic carbocycles. The van der Waals surface area contributed by atoms with Crippen LogP contribution in [-0.2, 0) is 4.74 Å².